The van der Waals surface area contributed by atoms with Crippen molar-refractivity contribution in [1.29, 1.82) is 0 Å². The van der Waals surface area contributed by atoms with E-state index in [4.69, 9.17) is 10.5 Å². The van der Waals surface area contributed by atoms with Gasteiger partial charge in [-0.2, -0.15) is 0 Å². The third-order valence-corrected chi connectivity index (χ3v) is 3.88. The van der Waals surface area contributed by atoms with Crippen molar-refractivity contribution in [3.05, 3.63) is 29.3 Å². The van der Waals surface area contributed by atoms with Crippen molar-refractivity contribution in [2.75, 3.05) is 18.9 Å². The molecule has 3 nitrogen and oxygen atoms in total. The number of fused-ring (bicyclic) bond motifs is 1. The monoisotopic (exact) mass is 232 g/mol. The summed E-state index contributed by atoms with van der Waals surface area (Å²) in [4.78, 5) is 2.47. The first-order chi connectivity index (χ1) is 8.33. The number of nitrogens with two attached hydrogens (primary N) is 1. The van der Waals surface area contributed by atoms with Gasteiger partial charge in [-0.05, 0) is 36.5 Å². The Hall–Kier alpha value is -1.06. The molecule has 0 radical (unpaired) electrons. The first-order valence-electron chi connectivity index (χ1n) is 6.53. The van der Waals surface area contributed by atoms with E-state index < -0.39 is 0 Å². The van der Waals surface area contributed by atoms with Crippen LogP contribution in [-0.2, 0) is 17.8 Å². The summed E-state index contributed by atoms with van der Waals surface area (Å²) in [5.41, 5.74) is 9.68. The summed E-state index contributed by atoms with van der Waals surface area (Å²) in [6, 6.07) is 6.25. The molecule has 0 bridgehead atoms. The fourth-order valence-corrected chi connectivity index (χ4v) is 2.87. The smallest absolute Gasteiger partial charge is 0.0588 e. The Labute approximate surface area is 103 Å². The molecule has 0 amide bonds. The lowest BCUT2D eigenvalue weighted by Gasteiger charge is -2.17. The lowest BCUT2D eigenvalue weighted by molar-refractivity contribution is 0.0916. The average molecular weight is 232 g/mol. The summed E-state index contributed by atoms with van der Waals surface area (Å²) in [5.74, 6) is 0. The first-order valence-corrected chi connectivity index (χ1v) is 6.53. The van der Waals surface area contributed by atoms with Gasteiger partial charge in [0.05, 0.1) is 6.10 Å². The highest BCUT2D eigenvalue weighted by molar-refractivity contribution is 5.52. The van der Waals surface area contributed by atoms with Gasteiger partial charge in [0.15, 0.2) is 0 Å². The second-order valence-corrected chi connectivity index (χ2v) is 5.12. The van der Waals surface area contributed by atoms with E-state index in [-0.39, 0.29) is 0 Å². The second kappa shape index (κ2) is 4.67. The molecule has 0 saturated carbocycles. The number of hydrogen-bond acceptors (Lipinski definition) is 3. The van der Waals surface area contributed by atoms with E-state index >= 15 is 0 Å². The summed E-state index contributed by atoms with van der Waals surface area (Å²) in [5, 5.41) is 0. The summed E-state index contributed by atoms with van der Waals surface area (Å²) >= 11 is 0. The normalized spacial score (nSPS) is 24.1. The minimum atomic E-state index is 0.496. The maximum atomic E-state index is 6.00. The van der Waals surface area contributed by atoms with Gasteiger partial charge in [0, 0.05) is 31.9 Å². The zero-order chi connectivity index (χ0) is 11.7. The topological polar surface area (TPSA) is 38.5 Å². The standard InChI is InChI=1S/C14H20N2O/c15-14-5-1-3-11-9-16(10-13(11)14)7-6-12-4-2-8-17-12/h1,3,5,12H,2,4,6-10,15H2. The number of hydrogen-bond donors (Lipinski definition) is 1. The van der Waals surface area contributed by atoms with Crippen molar-refractivity contribution < 1.29 is 4.74 Å². The molecule has 1 aromatic carbocycles. The fraction of sp³-hybridized carbons (Fsp3) is 0.571. The molecule has 2 N–H and O–H groups in total. The van der Waals surface area contributed by atoms with Crippen LogP contribution >= 0.6 is 0 Å². The van der Waals surface area contributed by atoms with Crippen LogP contribution in [0.1, 0.15) is 30.4 Å². The quantitative estimate of drug-likeness (QED) is 0.812. The molecule has 92 valence electrons. The van der Waals surface area contributed by atoms with E-state index in [0.717, 1.165) is 38.3 Å². The van der Waals surface area contributed by atoms with E-state index in [1.54, 1.807) is 0 Å². The minimum absolute atomic E-state index is 0.496. The number of nitrogens with zero attached hydrogens (tertiary/aromatic N) is 1. The van der Waals surface area contributed by atoms with Gasteiger partial charge in [-0.15, -0.1) is 0 Å². The SMILES string of the molecule is Nc1cccc2c1CN(CCC1CCCO1)C2. The van der Waals surface area contributed by atoms with E-state index in [2.05, 4.69) is 17.0 Å². The summed E-state index contributed by atoms with van der Waals surface area (Å²) < 4.78 is 5.66. The Bertz CT molecular complexity index is 399. The Morgan fingerprint density at radius 3 is 3.06 bits per heavy atom. The van der Waals surface area contributed by atoms with Crippen molar-refractivity contribution in [2.45, 2.75) is 38.5 Å². The van der Waals surface area contributed by atoms with Crippen LogP contribution in [-0.4, -0.2) is 24.2 Å². The van der Waals surface area contributed by atoms with Crippen LogP contribution in [0.5, 0.6) is 0 Å². The predicted molar refractivity (Wildman–Crippen MR) is 68.6 cm³/mol. The summed E-state index contributed by atoms with van der Waals surface area (Å²) in [7, 11) is 0. The number of benzene rings is 1. The molecular formula is C14H20N2O. The molecule has 1 atom stereocenters. The minimum Gasteiger partial charge on any atom is -0.398 e. The van der Waals surface area contributed by atoms with E-state index in [9.17, 15) is 0 Å². The van der Waals surface area contributed by atoms with Crippen LogP contribution in [0.15, 0.2) is 18.2 Å². The van der Waals surface area contributed by atoms with Crippen LogP contribution < -0.4 is 5.73 Å². The maximum Gasteiger partial charge on any atom is 0.0588 e. The molecule has 3 rings (SSSR count). The number of nitrogen functional groups attached to an aromatic ring is 1. The van der Waals surface area contributed by atoms with Crippen molar-refractivity contribution in [3.8, 4) is 0 Å². The molecule has 2 aliphatic rings. The highest BCUT2D eigenvalue weighted by Crippen LogP contribution is 2.28. The Morgan fingerprint density at radius 2 is 2.29 bits per heavy atom. The Kier molecular flexibility index (Phi) is 3.04. The zero-order valence-electron chi connectivity index (χ0n) is 10.2. The summed E-state index contributed by atoms with van der Waals surface area (Å²) in [6.45, 7) is 4.14. The maximum absolute atomic E-state index is 6.00. The summed E-state index contributed by atoms with van der Waals surface area (Å²) in [6.07, 6.45) is 4.13. The van der Waals surface area contributed by atoms with Crippen LogP contribution in [0.25, 0.3) is 0 Å². The van der Waals surface area contributed by atoms with Gasteiger partial charge in [-0.25, -0.2) is 0 Å². The van der Waals surface area contributed by atoms with Gasteiger partial charge in [-0.1, -0.05) is 12.1 Å². The van der Waals surface area contributed by atoms with Crippen molar-refractivity contribution >= 4 is 5.69 Å². The number of anilines is 1. The van der Waals surface area contributed by atoms with E-state index in [1.807, 2.05) is 6.07 Å². The molecule has 1 saturated heterocycles. The second-order valence-electron chi connectivity index (χ2n) is 5.12. The average Bonchev–Trinajstić information content (AvgIpc) is 2.95. The molecule has 17 heavy (non-hydrogen) atoms. The predicted octanol–water partition coefficient (Wildman–Crippen LogP) is 2.15. The van der Waals surface area contributed by atoms with Gasteiger partial charge < -0.3 is 10.5 Å². The van der Waals surface area contributed by atoms with Crippen LogP contribution in [0, 0.1) is 0 Å². The van der Waals surface area contributed by atoms with Crippen molar-refractivity contribution in [3.63, 3.8) is 0 Å². The highest BCUT2D eigenvalue weighted by atomic mass is 16.5. The van der Waals surface area contributed by atoms with E-state index in [1.165, 1.54) is 24.0 Å². The molecule has 0 aliphatic carbocycles. The molecule has 2 heterocycles. The molecular weight excluding hydrogens is 212 g/mol. The van der Waals surface area contributed by atoms with Gasteiger partial charge >= 0.3 is 0 Å². The lowest BCUT2D eigenvalue weighted by atomic mass is 10.1. The molecule has 0 spiro atoms. The van der Waals surface area contributed by atoms with Crippen LogP contribution in [0.4, 0.5) is 5.69 Å². The first kappa shape index (κ1) is 11.1. The largest absolute Gasteiger partial charge is 0.398 e. The van der Waals surface area contributed by atoms with Crippen molar-refractivity contribution in [1.82, 2.24) is 4.90 Å². The molecule has 1 fully saturated rings. The van der Waals surface area contributed by atoms with Crippen LogP contribution in [0.3, 0.4) is 0 Å². The van der Waals surface area contributed by atoms with Crippen LogP contribution in [0.2, 0.25) is 0 Å². The van der Waals surface area contributed by atoms with Gasteiger partial charge in [0.2, 0.25) is 0 Å². The van der Waals surface area contributed by atoms with Gasteiger partial charge in [0.25, 0.3) is 0 Å². The molecule has 3 heteroatoms. The molecule has 0 aromatic heterocycles. The van der Waals surface area contributed by atoms with E-state index in [0.29, 0.717) is 6.10 Å². The highest BCUT2D eigenvalue weighted by Gasteiger charge is 2.22. The fourth-order valence-electron chi connectivity index (χ4n) is 2.87. The third-order valence-electron chi connectivity index (χ3n) is 3.88. The zero-order valence-corrected chi connectivity index (χ0v) is 10.2. The van der Waals surface area contributed by atoms with Crippen molar-refractivity contribution in [2.24, 2.45) is 0 Å². The number of ether oxygens (including phenoxy) is 1. The molecule has 1 aromatic rings. The van der Waals surface area contributed by atoms with Gasteiger partial charge in [0.1, 0.15) is 0 Å². The Balaban J connectivity index is 1.56. The molecule has 1 unspecified atom stereocenters. The Morgan fingerprint density at radius 1 is 1.35 bits per heavy atom. The number of rotatable bonds is 3. The third kappa shape index (κ3) is 2.31. The molecule has 2 aliphatic heterocycles. The lowest BCUT2D eigenvalue weighted by Crippen LogP contribution is -2.22. The van der Waals surface area contributed by atoms with Gasteiger partial charge in [-0.3, -0.25) is 4.90 Å².